The molecule has 0 radical (unpaired) electrons. The highest BCUT2D eigenvalue weighted by Crippen LogP contribution is 2.33. The molecule has 0 fully saturated rings. The van der Waals surface area contributed by atoms with E-state index < -0.39 is 23.2 Å². The highest BCUT2D eigenvalue weighted by Gasteiger charge is 2.31. The molecule has 182 valence electrons. The van der Waals surface area contributed by atoms with Crippen molar-refractivity contribution in [3.63, 3.8) is 0 Å². The topological polar surface area (TPSA) is 93.1 Å². The van der Waals surface area contributed by atoms with Gasteiger partial charge in [-0.15, -0.1) is 11.8 Å². The Balaban J connectivity index is 1.60. The second-order valence-electron chi connectivity index (χ2n) is 7.56. The number of amides is 2. The van der Waals surface area contributed by atoms with Crippen LogP contribution in [0.25, 0.3) is 5.69 Å². The summed E-state index contributed by atoms with van der Waals surface area (Å²) in [5, 5.41) is 5.46. The summed E-state index contributed by atoms with van der Waals surface area (Å²) in [7, 11) is 0. The van der Waals surface area contributed by atoms with E-state index in [1.807, 2.05) is 0 Å². The number of alkyl halides is 3. The Morgan fingerprint density at radius 3 is 2.54 bits per heavy atom. The number of rotatable bonds is 6. The lowest BCUT2D eigenvalue weighted by molar-refractivity contribution is -0.137. The first kappa shape index (κ1) is 24.9. The zero-order valence-corrected chi connectivity index (χ0v) is 19.9. The maximum Gasteiger partial charge on any atom is 0.416 e. The van der Waals surface area contributed by atoms with E-state index in [2.05, 4.69) is 15.6 Å². The minimum Gasteiger partial charge on any atom is -0.326 e. The molecule has 2 amide bonds. The third-order valence-corrected chi connectivity index (χ3v) is 6.94. The monoisotopic (exact) mass is 520 g/mol. The smallest absolute Gasteiger partial charge is 0.326 e. The average molecular weight is 521 g/mol. The van der Waals surface area contributed by atoms with Gasteiger partial charge in [0.05, 0.1) is 27.6 Å². The number of aryl methyl sites for hydroxylation is 1. The Morgan fingerprint density at radius 1 is 1.11 bits per heavy atom. The van der Waals surface area contributed by atoms with Crippen LogP contribution in [0.3, 0.4) is 0 Å². The lowest BCUT2D eigenvalue weighted by atomic mass is 10.2. The fourth-order valence-electron chi connectivity index (χ4n) is 3.44. The van der Waals surface area contributed by atoms with Gasteiger partial charge in [-0.3, -0.25) is 19.0 Å². The normalized spacial score (nSPS) is 12.8. The Kier molecular flexibility index (Phi) is 7.22. The quantitative estimate of drug-likeness (QED) is 0.365. The molecule has 2 heterocycles. The lowest BCUT2D eigenvalue weighted by Gasteiger charge is -2.15. The summed E-state index contributed by atoms with van der Waals surface area (Å²) in [6.07, 6.45) is -4.01. The number of thioether (sulfide) groups is 2. The summed E-state index contributed by atoms with van der Waals surface area (Å²) in [5.41, 5.74) is 0.229. The molecule has 0 saturated heterocycles. The molecule has 7 nitrogen and oxygen atoms in total. The number of halogens is 3. The molecule has 4 rings (SSSR count). The maximum absolute atomic E-state index is 13.3. The van der Waals surface area contributed by atoms with E-state index in [4.69, 9.17) is 0 Å². The van der Waals surface area contributed by atoms with Crippen molar-refractivity contribution in [2.75, 3.05) is 22.1 Å². The zero-order chi connectivity index (χ0) is 25.2. The van der Waals surface area contributed by atoms with E-state index in [9.17, 15) is 27.6 Å². The molecular weight excluding hydrogens is 501 g/mol. The van der Waals surface area contributed by atoms with Gasteiger partial charge in [0.25, 0.3) is 5.56 Å². The number of hydrogen-bond donors (Lipinski definition) is 2. The second-order valence-corrected chi connectivity index (χ2v) is 9.60. The summed E-state index contributed by atoms with van der Waals surface area (Å²) in [6, 6.07) is 11.0. The standard InChI is InChI=1S/C23H19F3N4O3S2/c1-13(31)27-15-5-3-6-16(11-15)28-19(32)12-35-22-29-18-8-9-34-20(18)21(33)30(22)17-7-2-4-14(10-17)23(24,25)26/h2-7,10-11H,8-9,12H2,1H3,(H,27,31)(H,28,32). The van der Waals surface area contributed by atoms with Gasteiger partial charge in [0.15, 0.2) is 5.16 Å². The van der Waals surface area contributed by atoms with Crippen LogP contribution in [0.15, 0.2) is 63.4 Å². The van der Waals surface area contributed by atoms with E-state index >= 15 is 0 Å². The zero-order valence-electron chi connectivity index (χ0n) is 18.3. The third-order valence-electron chi connectivity index (χ3n) is 4.90. The lowest BCUT2D eigenvalue weighted by Crippen LogP contribution is -2.25. The largest absolute Gasteiger partial charge is 0.416 e. The molecule has 0 aliphatic carbocycles. The van der Waals surface area contributed by atoms with Gasteiger partial charge in [-0.05, 0) is 36.4 Å². The summed E-state index contributed by atoms with van der Waals surface area (Å²) in [6.45, 7) is 1.37. The van der Waals surface area contributed by atoms with Crippen molar-refractivity contribution in [1.29, 1.82) is 0 Å². The van der Waals surface area contributed by atoms with Gasteiger partial charge in [0.1, 0.15) is 0 Å². The predicted molar refractivity (Wildman–Crippen MR) is 129 cm³/mol. The van der Waals surface area contributed by atoms with Crippen LogP contribution in [0.1, 0.15) is 18.2 Å². The number of hydrogen-bond acceptors (Lipinski definition) is 6. The number of nitrogens with one attached hydrogen (secondary N) is 2. The van der Waals surface area contributed by atoms with Crippen molar-refractivity contribution in [2.24, 2.45) is 0 Å². The summed E-state index contributed by atoms with van der Waals surface area (Å²) < 4.78 is 41.0. The van der Waals surface area contributed by atoms with Crippen molar-refractivity contribution in [3.8, 4) is 5.69 Å². The fraction of sp³-hybridized carbons (Fsp3) is 0.217. The number of fused-ring (bicyclic) bond motifs is 1. The molecule has 0 spiro atoms. The average Bonchev–Trinajstić information content (AvgIpc) is 3.26. The fourth-order valence-corrected chi connectivity index (χ4v) is 5.30. The Hall–Kier alpha value is -3.25. The Bertz CT molecular complexity index is 1360. The van der Waals surface area contributed by atoms with Crippen LogP contribution in [0, 0.1) is 0 Å². The van der Waals surface area contributed by atoms with Crippen LogP contribution in [-0.2, 0) is 22.2 Å². The molecule has 2 aromatic carbocycles. The van der Waals surface area contributed by atoms with Gasteiger partial charge in [-0.25, -0.2) is 4.98 Å². The number of nitrogens with zero attached hydrogens (tertiary/aromatic N) is 2. The van der Waals surface area contributed by atoms with E-state index in [1.54, 1.807) is 24.3 Å². The number of carbonyl (C=O) groups excluding carboxylic acids is 2. The van der Waals surface area contributed by atoms with Crippen LogP contribution in [0.4, 0.5) is 24.5 Å². The minimum atomic E-state index is -4.57. The second kappa shape index (κ2) is 10.2. The van der Waals surface area contributed by atoms with Crippen LogP contribution >= 0.6 is 23.5 Å². The molecule has 0 saturated carbocycles. The number of carbonyl (C=O) groups is 2. The predicted octanol–water partition coefficient (Wildman–Crippen LogP) is 4.59. The van der Waals surface area contributed by atoms with Gasteiger partial charge >= 0.3 is 6.18 Å². The summed E-state index contributed by atoms with van der Waals surface area (Å²) in [5.74, 6) is -0.145. The molecule has 0 bridgehead atoms. The molecule has 0 atom stereocenters. The molecular formula is C23H19F3N4O3S2. The van der Waals surface area contributed by atoms with Gasteiger partial charge in [-0.1, -0.05) is 23.9 Å². The SMILES string of the molecule is CC(=O)Nc1cccc(NC(=O)CSc2nc3c(c(=O)n2-c2cccc(C(F)(F)F)c2)SCC3)c1. The van der Waals surface area contributed by atoms with Crippen LogP contribution < -0.4 is 16.2 Å². The molecule has 35 heavy (non-hydrogen) atoms. The van der Waals surface area contributed by atoms with E-state index in [1.165, 1.54) is 30.8 Å². The van der Waals surface area contributed by atoms with Crippen LogP contribution in [0.2, 0.25) is 0 Å². The number of aromatic nitrogens is 2. The molecule has 3 aromatic rings. The summed E-state index contributed by atoms with van der Waals surface area (Å²) >= 11 is 2.27. The van der Waals surface area contributed by atoms with Gasteiger partial charge in [0, 0.05) is 30.5 Å². The highest BCUT2D eigenvalue weighted by molar-refractivity contribution is 8.00. The minimum absolute atomic E-state index is 0.0264. The number of benzene rings is 2. The molecule has 2 N–H and O–H groups in total. The molecule has 1 aliphatic rings. The van der Waals surface area contributed by atoms with Gasteiger partial charge in [-0.2, -0.15) is 13.2 Å². The van der Waals surface area contributed by atoms with Crippen molar-refractivity contribution in [2.45, 2.75) is 29.6 Å². The molecule has 0 unspecified atom stereocenters. The maximum atomic E-state index is 13.3. The van der Waals surface area contributed by atoms with E-state index in [0.29, 0.717) is 34.1 Å². The van der Waals surface area contributed by atoms with Crippen molar-refractivity contribution >= 4 is 46.7 Å². The Morgan fingerprint density at radius 2 is 1.83 bits per heavy atom. The van der Waals surface area contributed by atoms with Gasteiger partial charge < -0.3 is 10.6 Å². The van der Waals surface area contributed by atoms with Crippen LogP contribution in [-0.4, -0.2) is 32.9 Å². The first-order valence-electron chi connectivity index (χ1n) is 10.4. The molecule has 1 aromatic heterocycles. The van der Waals surface area contributed by atoms with E-state index in [0.717, 1.165) is 28.5 Å². The van der Waals surface area contributed by atoms with E-state index in [-0.39, 0.29) is 22.5 Å². The van der Waals surface area contributed by atoms with Gasteiger partial charge in [0.2, 0.25) is 11.8 Å². The van der Waals surface area contributed by atoms with Crippen LogP contribution in [0.5, 0.6) is 0 Å². The molecule has 1 aliphatic heterocycles. The van der Waals surface area contributed by atoms with Crippen molar-refractivity contribution in [3.05, 3.63) is 70.1 Å². The Labute approximate surface area is 206 Å². The van der Waals surface area contributed by atoms with Crippen molar-refractivity contribution < 1.29 is 22.8 Å². The third kappa shape index (κ3) is 5.88. The summed E-state index contributed by atoms with van der Waals surface area (Å²) in [4.78, 5) is 41.9. The molecule has 12 heteroatoms. The highest BCUT2D eigenvalue weighted by atomic mass is 32.2. The number of anilines is 2. The first-order chi connectivity index (χ1) is 16.6. The van der Waals surface area contributed by atoms with Crippen molar-refractivity contribution in [1.82, 2.24) is 9.55 Å². The first-order valence-corrected chi connectivity index (χ1v) is 12.4.